The number of rotatable bonds is 27. The molecule has 0 aliphatic carbocycles. The van der Waals surface area contributed by atoms with Crippen LogP contribution in [0.15, 0.2) is 0 Å². The molecule has 0 aromatic rings. The fourth-order valence-electron chi connectivity index (χ4n) is 14.0. The van der Waals surface area contributed by atoms with E-state index < -0.39 is 347 Å². The van der Waals surface area contributed by atoms with Gasteiger partial charge in [-0.05, 0) is 6.92 Å². The van der Waals surface area contributed by atoms with E-state index in [1.807, 2.05) is 0 Å². The molecule has 1 unspecified atom stereocenters. The molecule has 108 heavy (non-hydrogen) atoms. The Hall–Kier alpha value is -3.27. The summed E-state index contributed by atoms with van der Waals surface area (Å²) < 4.78 is 100. The van der Waals surface area contributed by atoms with Crippen LogP contribution in [0.3, 0.4) is 0 Å². The molecule has 626 valence electrons. The fourth-order valence-corrected chi connectivity index (χ4v) is 14.0. The number of nitrogens with one attached hydrogen (secondary N) is 3. The van der Waals surface area contributed by atoms with Gasteiger partial charge in [0, 0.05) is 20.8 Å². The van der Waals surface area contributed by atoms with Gasteiger partial charge in [0.25, 0.3) is 0 Å². The molecule has 3 amide bonds. The van der Waals surface area contributed by atoms with Crippen molar-refractivity contribution in [1.29, 1.82) is 0 Å². The Kier molecular flexibility index (Phi) is 31.6. The molecule has 0 aromatic heterocycles. The van der Waals surface area contributed by atoms with E-state index in [0.29, 0.717) is 0 Å². The highest BCUT2D eigenvalue weighted by atomic mass is 16.8. The maximum atomic E-state index is 13.4. The number of hydrogen-bond acceptors (Lipinski definition) is 45. The molecule has 48 heteroatoms. The van der Waals surface area contributed by atoms with Gasteiger partial charge in [-0.3, -0.25) is 14.4 Å². The number of amides is 3. The lowest BCUT2D eigenvalue weighted by molar-refractivity contribution is -0.393. The monoisotopic (exact) mass is 1580 g/mol. The third kappa shape index (κ3) is 19.1. The van der Waals surface area contributed by atoms with Crippen molar-refractivity contribution in [2.75, 3.05) is 52.9 Å². The summed E-state index contributed by atoms with van der Waals surface area (Å²) in [6.07, 6.45) is -84.7. The van der Waals surface area contributed by atoms with Gasteiger partial charge in [0.15, 0.2) is 56.6 Å². The molecule has 9 heterocycles. The summed E-state index contributed by atoms with van der Waals surface area (Å²) >= 11 is 0. The summed E-state index contributed by atoms with van der Waals surface area (Å²) in [6, 6.07) is -5.71. The molecular formula is C60H101N3O45. The third-order valence-corrected chi connectivity index (χ3v) is 19.9. The van der Waals surface area contributed by atoms with Crippen LogP contribution in [0.4, 0.5) is 0 Å². The van der Waals surface area contributed by atoms with Crippen molar-refractivity contribution >= 4 is 17.7 Å². The summed E-state index contributed by atoms with van der Waals surface area (Å²) in [5.74, 6) is -2.81. The molecule has 0 bridgehead atoms. The van der Waals surface area contributed by atoms with Crippen molar-refractivity contribution in [1.82, 2.24) is 16.0 Å². The summed E-state index contributed by atoms with van der Waals surface area (Å²) in [7, 11) is 0. The molecule has 0 spiro atoms. The number of aliphatic hydroxyl groups is 25. The Morgan fingerprint density at radius 1 is 0.259 bits per heavy atom. The molecule has 48 nitrogen and oxygen atoms in total. The number of carbonyl (C=O) groups excluding carboxylic acids is 3. The maximum absolute atomic E-state index is 13.4. The van der Waals surface area contributed by atoms with E-state index >= 15 is 0 Å². The Morgan fingerprint density at radius 2 is 0.556 bits per heavy atom. The minimum Gasteiger partial charge on any atom is -0.394 e. The van der Waals surface area contributed by atoms with Crippen molar-refractivity contribution in [3.05, 3.63) is 0 Å². The molecule has 0 saturated carbocycles. The smallest absolute Gasteiger partial charge is 0.217 e. The molecule has 9 aliphatic rings. The molecule has 45 atom stereocenters. The Morgan fingerprint density at radius 3 is 0.991 bits per heavy atom. The number of hydrogen-bond donors (Lipinski definition) is 28. The lowest BCUT2D eigenvalue weighted by atomic mass is 9.93. The zero-order chi connectivity index (χ0) is 79.5. The van der Waals surface area contributed by atoms with Crippen LogP contribution in [0, 0.1) is 0 Å². The first-order valence-corrected chi connectivity index (χ1v) is 34.5. The highest BCUT2D eigenvalue weighted by Crippen LogP contribution is 2.40. The molecule has 0 radical (unpaired) electrons. The van der Waals surface area contributed by atoms with E-state index in [1.54, 1.807) is 0 Å². The van der Waals surface area contributed by atoms with Crippen LogP contribution < -0.4 is 16.0 Å². The number of aliphatic hydroxyl groups excluding tert-OH is 25. The van der Waals surface area contributed by atoms with Crippen molar-refractivity contribution < 1.29 is 223 Å². The normalized spacial score (nSPS) is 50.4. The first kappa shape index (κ1) is 88.7. The zero-order valence-corrected chi connectivity index (χ0v) is 58.0. The van der Waals surface area contributed by atoms with Gasteiger partial charge in [-0.1, -0.05) is 0 Å². The molecule has 0 aromatic carbocycles. The summed E-state index contributed by atoms with van der Waals surface area (Å²) in [5.41, 5.74) is 0. The highest BCUT2D eigenvalue weighted by molar-refractivity contribution is 5.74. The fraction of sp³-hybridized carbons (Fsp3) is 0.950. The van der Waals surface area contributed by atoms with Gasteiger partial charge >= 0.3 is 0 Å². The second kappa shape index (κ2) is 38.5. The van der Waals surface area contributed by atoms with Crippen molar-refractivity contribution in [2.45, 2.75) is 304 Å². The van der Waals surface area contributed by atoms with Crippen molar-refractivity contribution in [2.24, 2.45) is 0 Å². The van der Waals surface area contributed by atoms with Gasteiger partial charge < -0.3 is 224 Å². The standard InChI is InChI=1S/C60H101N3O45/c1-13-28(74)35(81)40(86)56(93-13)105-48-23(11-70)100-55(27(63-16(4)73)49(48)106-58-42(88)37(83)30(76)18(6-65)96-58)108-51-32(78)24(101-60(44(51)90)104-47-20(8-67)94-52(91)39(85)38(47)84)12-92-53-25(61-14(2)71)33(79)45(21(9-68)98-53)103-59-43(89)50(31(77)19(7-66)97-59)107-54-26(62-15(3)72)34(80)46(22(10-69)99-54)102-57-41(87)36(82)29(75)17(5-64)95-57/h13,17-60,64-70,74-91H,5-12H2,1-4H3,(H,61,71)(H,62,72)(H,63,73)/t13-,17+,18+,19+,20+,21+,22+,23+,24+,25+,26+,27+,28+,29-,30-,31-,32-,33+,34+,35-,36-,37-,38+,39+,40-,41+,42+,43+,44+,45+,46+,47+,48+,49+,50-,51-,52?,53+,54-,55-,56-,57-,58-,59-,60-/m0/s1. The minimum atomic E-state index is -2.44. The first-order chi connectivity index (χ1) is 51.1. The largest absolute Gasteiger partial charge is 0.394 e. The van der Waals surface area contributed by atoms with Crippen molar-refractivity contribution in [3.63, 3.8) is 0 Å². The van der Waals surface area contributed by atoms with Gasteiger partial charge in [-0.15, -0.1) is 0 Å². The molecule has 9 saturated heterocycles. The van der Waals surface area contributed by atoms with Gasteiger partial charge in [0.05, 0.1) is 59.0 Å². The van der Waals surface area contributed by atoms with Crippen LogP contribution in [-0.4, -0.2) is 474 Å². The molecule has 9 fully saturated rings. The van der Waals surface area contributed by atoms with E-state index in [2.05, 4.69) is 16.0 Å². The molecule has 9 aliphatic heterocycles. The molecule has 9 rings (SSSR count). The summed E-state index contributed by atoms with van der Waals surface area (Å²) in [4.78, 5) is 39.1. The van der Waals surface area contributed by atoms with Crippen LogP contribution in [0.1, 0.15) is 27.7 Å². The Bertz CT molecular complexity index is 2820. The lowest BCUT2D eigenvalue weighted by Crippen LogP contribution is -2.71. The van der Waals surface area contributed by atoms with Gasteiger partial charge in [0.1, 0.15) is 213 Å². The van der Waals surface area contributed by atoms with Crippen LogP contribution >= 0.6 is 0 Å². The molecular weight excluding hydrogens is 1480 g/mol. The van der Waals surface area contributed by atoms with Gasteiger partial charge in [-0.25, -0.2) is 0 Å². The summed E-state index contributed by atoms with van der Waals surface area (Å²) in [5, 5.41) is 281. The topological polar surface area (TPSA) is 750 Å². The first-order valence-electron chi connectivity index (χ1n) is 34.5. The minimum absolute atomic E-state index is 0.881. The van der Waals surface area contributed by atoms with Crippen LogP contribution in [0.25, 0.3) is 0 Å². The predicted molar refractivity (Wildman–Crippen MR) is 330 cm³/mol. The third-order valence-electron chi connectivity index (χ3n) is 19.9. The Balaban J connectivity index is 0.985. The van der Waals surface area contributed by atoms with Gasteiger partial charge in [-0.2, -0.15) is 0 Å². The van der Waals surface area contributed by atoms with E-state index in [1.165, 1.54) is 6.92 Å². The van der Waals surface area contributed by atoms with E-state index in [-0.39, 0.29) is 0 Å². The summed E-state index contributed by atoms with van der Waals surface area (Å²) in [6.45, 7) is -4.46. The van der Waals surface area contributed by atoms with E-state index in [9.17, 15) is 142 Å². The quantitative estimate of drug-likeness (QED) is 0.0363. The number of ether oxygens (including phenoxy) is 17. The van der Waals surface area contributed by atoms with Crippen molar-refractivity contribution in [3.8, 4) is 0 Å². The lowest BCUT2D eigenvalue weighted by Gasteiger charge is -2.52. The molecule has 28 N–H and O–H groups in total. The average Bonchev–Trinajstić information content (AvgIpc) is 0.770. The van der Waals surface area contributed by atoms with E-state index in [4.69, 9.17) is 80.5 Å². The second-order valence-corrected chi connectivity index (χ2v) is 27.4. The van der Waals surface area contributed by atoms with Crippen LogP contribution in [-0.2, 0) is 94.9 Å². The van der Waals surface area contributed by atoms with Crippen LogP contribution in [0.2, 0.25) is 0 Å². The zero-order valence-electron chi connectivity index (χ0n) is 58.0. The predicted octanol–water partition coefficient (Wildman–Crippen LogP) is -19.2. The Labute approximate surface area is 611 Å². The average molecular weight is 1580 g/mol. The van der Waals surface area contributed by atoms with Crippen LogP contribution in [0.5, 0.6) is 0 Å². The SMILES string of the molecule is CC(=O)N[C@H]1[C@H](O[C@H]2[C@@H](O)[C@@H](CO)O[C@@H](O[C@H]3[C@H](O)[C@@H](NC(C)=O)[C@H](OC[C@H]4O[C@@H](O[C@H]5[C@H](O)[C@@H](O)C(O)O[C@@H]5CO)[C@H](O)[C@@H](O[C@@H]5O[C@H](CO)[C@@H](O[C@@H]6O[C@@H](C)[C@@H](O)[C@H](O)[C@@H]6O)[C@H](O[C@@H]6O[C@H](CO)[C@H](O)[C@H](O)[C@H]6O)[C@H]5NC(C)=O)[C@H]4O)O[C@@H]3CO)[C@@H]2O)O[C@H](CO)[C@@H](O[C@@H]2O[C@H](CO)[C@H](O)[C@H](O)[C@H]2O)[C@@H]1O. The highest BCUT2D eigenvalue weighted by Gasteiger charge is 2.61. The van der Waals surface area contributed by atoms with E-state index in [0.717, 1.165) is 20.8 Å². The number of carbonyl (C=O) groups is 3. The second-order valence-electron chi connectivity index (χ2n) is 27.4. The maximum Gasteiger partial charge on any atom is 0.217 e. The van der Waals surface area contributed by atoms with Gasteiger partial charge in [0.2, 0.25) is 17.7 Å².